The minimum atomic E-state index is -0.334. The first-order valence-corrected chi connectivity index (χ1v) is 9.38. The number of halogens is 1. The van der Waals surface area contributed by atoms with Crippen LogP contribution in [0.3, 0.4) is 0 Å². The average Bonchev–Trinajstić information content (AvgIpc) is 2.50. The van der Waals surface area contributed by atoms with Crippen LogP contribution in [0.25, 0.3) is 0 Å². The van der Waals surface area contributed by atoms with Gasteiger partial charge in [0.05, 0.1) is 18.8 Å². The van der Waals surface area contributed by atoms with E-state index >= 15 is 0 Å². The van der Waals surface area contributed by atoms with E-state index in [0.717, 1.165) is 15.0 Å². The lowest BCUT2D eigenvalue weighted by Gasteiger charge is -2.32. The zero-order valence-corrected chi connectivity index (χ0v) is 15.4. The van der Waals surface area contributed by atoms with Crippen molar-refractivity contribution in [1.29, 1.82) is 0 Å². The highest BCUT2D eigenvalue weighted by Gasteiger charge is 2.31. The van der Waals surface area contributed by atoms with Crippen LogP contribution in [0.2, 0.25) is 0 Å². The summed E-state index contributed by atoms with van der Waals surface area (Å²) in [5.41, 5.74) is 0.798. The van der Waals surface area contributed by atoms with Crippen molar-refractivity contribution in [3.8, 4) is 0 Å². The number of benzene rings is 1. The molecule has 1 amide bonds. The van der Waals surface area contributed by atoms with E-state index in [1.807, 2.05) is 29.2 Å². The molecule has 1 N–H and O–H groups in total. The summed E-state index contributed by atoms with van der Waals surface area (Å²) in [6, 6.07) is 7.29. The smallest absolute Gasteiger partial charge is 0.324 e. The molecule has 120 valence electrons. The molecule has 1 saturated heterocycles. The molecule has 0 aliphatic carbocycles. The van der Waals surface area contributed by atoms with Gasteiger partial charge in [-0.2, -0.15) is 11.8 Å². The van der Waals surface area contributed by atoms with Gasteiger partial charge < -0.3 is 10.1 Å². The molecule has 1 aromatic rings. The highest BCUT2D eigenvalue weighted by atomic mass is 127. The van der Waals surface area contributed by atoms with Gasteiger partial charge in [-0.1, -0.05) is 12.1 Å². The topological polar surface area (TPSA) is 58.6 Å². The normalized spacial score (nSPS) is 18.7. The minimum absolute atomic E-state index is 0.106. The summed E-state index contributed by atoms with van der Waals surface area (Å²) in [7, 11) is 0. The van der Waals surface area contributed by atoms with Gasteiger partial charge in [0.15, 0.2) is 0 Å². The van der Waals surface area contributed by atoms with E-state index in [1.165, 1.54) is 0 Å². The van der Waals surface area contributed by atoms with Crippen LogP contribution in [0.1, 0.15) is 6.92 Å². The van der Waals surface area contributed by atoms with Crippen molar-refractivity contribution in [3.05, 3.63) is 27.8 Å². The first-order valence-electron chi connectivity index (χ1n) is 7.14. The van der Waals surface area contributed by atoms with Crippen molar-refractivity contribution in [2.24, 2.45) is 0 Å². The van der Waals surface area contributed by atoms with E-state index in [9.17, 15) is 9.59 Å². The second-order valence-corrected chi connectivity index (χ2v) is 7.15. The molecule has 0 radical (unpaired) electrons. The molecule has 0 spiro atoms. The first kappa shape index (κ1) is 17.6. The maximum absolute atomic E-state index is 12.2. The second-order valence-electron chi connectivity index (χ2n) is 4.84. The fourth-order valence-electron chi connectivity index (χ4n) is 2.22. The Morgan fingerprint density at radius 1 is 1.45 bits per heavy atom. The Morgan fingerprint density at radius 3 is 2.95 bits per heavy atom. The molecule has 0 aromatic heterocycles. The number of carbonyl (C=O) groups excluding carboxylic acids is 2. The maximum atomic E-state index is 12.2. The van der Waals surface area contributed by atoms with Crippen LogP contribution in [0.4, 0.5) is 5.69 Å². The third-order valence-electron chi connectivity index (χ3n) is 3.29. The van der Waals surface area contributed by atoms with E-state index in [2.05, 4.69) is 27.9 Å². The monoisotopic (exact) mass is 434 g/mol. The van der Waals surface area contributed by atoms with E-state index in [0.29, 0.717) is 18.9 Å². The van der Waals surface area contributed by atoms with Crippen molar-refractivity contribution in [2.45, 2.75) is 13.0 Å². The van der Waals surface area contributed by atoms with Crippen molar-refractivity contribution < 1.29 is 14.3 Å². The Morgan fingerprint density at radius 2 is 2.23 bits per heavy atom. The molecule has 0 bridgehead atoms. The van der Waals surface area contributed by atoms with Crippen LogP contribution in [-0.4, -0.2) is 54.0 Å². The van der Waals surface area contributed by atoms with Gasteiger partial charge in [-0.3, -0.25) is 14.5 Å². The summed E-state index contributed by atoms with van der Waals surface area (Å²) in [5.74, 6) is 1.25. The molecule has 7 heteroatoms. The number of hydrogen-bond acceptors (Lipinski definition) is 5. The van der Waals surface area contributed by atoms with Gasteiger partial charge in [0.25, 0.3) is 0 Å². The Bertz CT molecular complexity index is 541. The number of carbonyl (C=O) groups is 2. The van der Waals surface area contributed by atoms with Gasteiger partial charge in [-0.25, -0.2) is 0 Å². The fourth-order valence-corrected chi connectivity index (χ4v) is 3.84. The molecule has 2 rings (SSSR count). The van der Waals surface area contributed by atoms with E-state index in [-0.39, 0.29) is 24.5 Å². The number of hydrogen-bond donors (Lipinski definition) is 1. The van der Waals surface area contributed by atoms with Crippen molar-refractivity contribution >= 4 is 51.9 Å². The predicted molar refractivity (Wildman–Crippen MR) is 97.1 cm³/mol. The molecule has 0 unspecified atom stereocenters. The number of para-hydroxylation sites is 1. The van der Waals surface area contributed by atoms with E-state index in [1.54, 1.807) is 18.7 Å². The molecule has 1 heterocycles. The summed E-state index contributed by atoms with van der Waals surface area (Å²) in [6.07, 6.45) is 0. The van der Waals surface area contributed by atoms with Gasteiger partial charge in [0.1, 0.15) is 6.04 Å². The van der Waals surface area contributed by atoms with Crippen molar-refractivity contribution in [3.63, 3.8) is 0 Å². The maximum Gasteiger partial charge on any atom is 0.324 e. The molecule has 1 fully saturated rings. The molecule has 1 aliphatic heterocycles. The largest absolute Gasteiger partial charge is 0.465 e. The number of ether oxygens (including phenoxy) is 1. The zero-order chi connectivity index (χ0) is 15.9. The third-order valence-corrected chi connectivity index (χ3v) is 5.26. The number of nitrogens with zero attached hydrogens (tertiary/aromatic N) is 1. The molecule has 5 nitrogen and oxygen atoms in total. The van der Waals surface area contributed by atoms with Gasteiger partial charge in [-0.05, 0) is 41.6 Å². The predicted octanol–water partition coefficient (Wildman–Crippen LogP) is 2.21. The summed E-state index contributed by atoms with van der Waals surface area (Å²) in [6.45, 7) is 3.08. The number of nitrogens with one attached hydrogen (secondary N) is 1. The van der Waals surface area contributed by atoms with Crippen LogP contribution in [0.5, 0.6) is 0 Å². The Kier molecular flexibility index (Phi) is 6.97. The quantitative estimate of drug-likeness (QED) is 0.569. The van der Waals surface area contributed by atoms with Crippen LogP contribution in [0, 0.1) is 3.57 Å². The summed E-state index contributed by atoms with van der Waals surface area (Å²) >= 11 is 3.90. The second kappa shape index (κ2) is 8.73. The number of thioether (sulfide) groups is 1. The van der Waals surface area contributed by atoms with Crippen molar-refractivity contribution in [1.82, 2.24) is 4.90 Å². The van der Waals surface area contributed by atoms with Crippen LogP contribution in [-0.2, 0) is 14.3 Å². The minimum Gasteiger partial charge on any atom is -0.465 e. The van der Waals surface area contributed by atoms with E-state index in [4.69, 9.17) is 4.74 Å². The number of esters is 1. The van der Waals surface area contributed by atoms with Crippen molar-refractivity contribution in [2.75, 3.05) is 36.5 Å². The number of rotatable bonds is 5. The van der Waals surface area contributed by atoms with Gasteiger partial charge >= 0.3 is 5.97 Å². The van der Waals surface area contributed by atoms with Gasteiger partial charge in [0, 0.05) is 21.6 Å². The summed E-state index contributed by atoms with van der Waals surface area (Å²) in [5, 5.41) is 2.90. The summed E-state index contributed by atoms with van der Waals surface area (Å²) < 4.78 is 6.09. The average molecular weight is 434 g/mol. The Hall–Kier alpha value is -0.800. The molecule has 1 aliphatic rings. The lowest BCUT2D eigenvalue weighted by Crippen LogP contribution is -2.50. The highest BCUT2D eigenvalue weighted by molar-refractivity contribution is 14.1. The molecular formula is C15H19IN2O3S. The molecule has 22 heavy (non-hydrogen) atoms. The van der Waals surface area contributed by atoms with Gasteiger partial charge in [0.2, 0.25) is 5.91 Å². The van der Waals surface area contributed by atoms with Crippen LogP contribution < -0.4 is 5.32 Å². The van der Waals surface area contributed by atoms with Gasteiger partial charge in [-0.15, -0.1) is 0 Å². The molecular weight excluding hydrogens is 415 g/mol. The zero-order valence-electron chi connectivity index (χ0n) is 12.4. The lowest BCUT2D eigenvalue weighted by atomic mass is 10.2. The lowest BCUT2D eigenvalue weighted by molar-refractivity contribution is -0.148. The standard InChI is InChI=1S/C15H19IN2O3S/c1-2-21-15(20)13-10-22-8-7-18(13)9-14(19)17-12-6-4-3-5-11(12)16/h3-6,13H,2,7-10H2,1H3,(H,17,19)/t13-/m1/s1. The van der Waals surface area contributed by atoms with Crippen LogP contribution >= 0.6 is 34.4 Å². The molecule has 1 atom stereocenters. The highest BCUT2D eigenvalue weighted by Crippen LogP contribution is 2.19. The number of amides is 1. The SMILES string of the molecule is CCOC(=O)[C@H]1CSCCN1CC(=O)Nc1ccccc1I. The molecule has 1 aromatic carbocycles. The van der Waals surface area contributed by atoms with Crippen LogP contribution in [0.15, 0.2) is 24.3 Å². The van der Waals surface area contributed by atoms with E-state index < -0.39 is 0 Å². The third kappa shape index (κ3) is 4.85. The fraction of sp³-hybridized carbons (Fsp3) is 0.467. The number of anilines is 1. The summed E-state index contributed by atoms with van der Waals surface area (Å²) in [4.78, 5) is 26.1. The Labute approximate surface area is 148 Å². The first-order chi connectivity index (χ1) is 10.6. The Balaban J connectivity index is 1.96. The molecule has 0 saturated carbocycles.